The molecule has 30 heavy (non-hydrogen) atoms. The van der Waals surface area contributed by atoms with E-state index in [9.17, 15) is 14.4 Å². The lowest BCUT2D eigenvalue weighted by Crippen LogP contribution is -2.53. The van der Waals surface area contributed by atoms with Gasteiger partial charge in [0.25, 0.3) is 5.91 Å². The molecule has 1 aromatic carbocycles. The molecule has 2 fully saturated rings. The van der Waals surface area contributed by atoms with E-state index >= 15 is 0 Å². The van der Waals surface area contributed by atoms with Crippen molar-refractivity contribution in [3.8, 4) is 0 Å². The molecule has 7 nitrogen and oxygen atoms in total. The molecule has 1 aromatic rings. The summed E-state index contributed by atoms with van der Waals surface area (Å²) in [5.74, 6) is -0.0968. The molecule has 0 aliphatic carbocycles. The second-order valence-electron chi connectivity index (χ2n) is 8.51. The summed E-state index contributed by atoms with van der Waals surface area (Å²) in [6.07, 6.45) is 4.62. The maximum Gasteiger partial charge on any atom is 0.251 e. The summed E-state index contributed by atoms with van der Waals surface area (Å²) < 4.78 is 0. The van der Waals surface area contributed by atoms with Gasteiger partial charge in [0, 0.05) is 44.8 Å². The highest BCUT2D eigenvalue weighted by molar-refractivity contribution is 5.96. The first kappa shape index (κ1) is 22.3. The van der Waals surface area contributed by atoms with Crippen LogP contribution in [0.2, 0.25) is 0 Å². The number of nitrogens with zero attached hydrogens (tertiary/aromatic N) is 3. The van der Waals surface area contributed by atoms with E-state index in [0.29, 0.717) is 38.3 Å². The number of aryl methyl sites for hydroxylation is 2. The molecule has 1 N–H and O–H groups in total. The third kappa shape index (κ3) is 6.29. The minimum atomic E-state index is -0.225. The number of amides is 3. The third-order valence-corrected chi connectivity index (χ3v) is 5.93. The number of hydrogen-bond acceptors (Lipinski definition) is 4. The van der Waals surface area contributed by atoms with Crippen molar-refractivity contribution < 1.29 is 14.4 Å². The molecule has 0 unspecified atom stereocenters. The van der Waals surface area contributed by atoms with Gasteiger partial charge in [-0.15, -0.1) is 0 Å². The van der Waals surface area contributed by atoms with Crippen LogP contribution >= 0.6 is 0 Å². The molecule has 164 valence electrons. The van der Waals surface area contributed by atoms with E-state index in [-0.39, 0.29) is 24.3 Å². The molecule has 2 aliphatic heterocycles. The van der Waals surface area contributed by atoms with E-state index in [2.05, 4.69) is 10.2 Å². The second kappa shape index (κ2) is 10.6. The fourth-order valence-corrected chi connectivity index (χ4v) is 4.24. The smallest absolute Gasteiger partial charge is 0.251 e. The standard InChI is InChI=1S/C23H34N4O3/c1-18-13-19(2)15-20(14-18)23(30)24-16-21(28)27-11-9-25(10-12-27)17-22(29)26-7-5-3-4-6-8-26/h13-15H,3-12,16-17H2,1-2H3,(H,24,30). The second-order valence-corrected chi connectivity index (χ2v) is 8.51. The van der Waals surface area contributed by atoms with Crippen LogP contribution in [0.5, 0.6) is 0 Å². The average Bonchev–Trinajstić information content (AvgIpc) is 3.01. The van der Waals surface area contributed by atoms with Gasteiger partial charge in [-0.3, -0.25) is 19.3 Å². The summed E-state index contributed by atoms with van der Waals surface area (Å²) in [4.78, 5) is 43.3. The number of piperazine rings is 1. The molecule has 0 saturated carbocycles. The van der Waals surface area contributed by atoms with Gasteiger partial charge in [0.05, 0.1) is 13.1 Å². The number of rotatable bonds is 5. The van der Waals surface area contributed by atoms with Crippen LogP contribution in [0.25, 0.3) is 0 Å². The zero-order valence-corrected chi connectivity index (χ0v) is 18.3. The Hall–Kier alpha value is -2.41. The maximum absolute atomic E-state index is 12.6. The fraction of sp³-hybridized carbons (Fsp3) is 0.609. The maximum atomic E-state index is 12.6. The van der Waals surface area contributed by atoms with Crippen molar-refractivity contribution in [2.45, 2.75) is 39.5 Å². The molecular weight excluding hydrogens is 380 g/mol. The van der Waals surface area contributed by atoms with Crippen LogP contribution in [-0.2, 0) is 9.59 Å². The van der Waals surface area contributed by atoms with Crippen LogP contribution in [0.3, 0.4) is 0 Å². The average molecular weight is 415 g/mol. The zero-order chi connectivity index (χ0) is 21.5. The normalized spacial score (nSPS) is 18.1. The molecule has 0 bridgehead atoms. The van der Waals surface area contributed by atoms with Gasteiger partial charge >= 0.3 is 0 Å². The van der Waals surface area contributed by atoms with Crippen LogP contribution < -0.4 is 5.32 Å². The predicted octanol–water partition coefficient (Wildman–Crippen LogP) is 1.58. The number of carbonyl (C=O) groups is 3. The molecular formula is C23H34N4O3. The monoisotopic (exact) mass is 414 g/mol. The Morgan fingerprint density at radius 1 is 0.767 bits per heavy atom. The van der Waals surface area contributed by atoms with Crippen LogP contribution in [0.4, 0.5) is 0 Å². The quantitative estimate of drug-likeness (QED) is 0.794. The Labute approximate surface area is 179 Å². The largest absolute Gasteiger partial charge is 0.343 e. The number of nitrogens with one attached hydrogen (secondary N) is 1. The fourth-order valence-electron chi connectivity index (χ4n) is 4.24. The van der Waals surface area contributed by atoms with E-state index < -0.39 is 0 Å². The number of hydrogen-bond donors (Lipinski definition) is 1. The van der Waals surface area contributed by atoms with Gasteiger partial charge in [0.1, 0.15) is 0 Å². The van der Waals surface area contributed by atoms with Crippen molar-refractivity contribution in [2.75, 3.05) is 52.4 Å². The lowest BCUT2D eigenvalue weighted by Gasteiger charge is -2.35. The highest BCUT2D eigenvalue weighted by Crippen LogP contribution is 2.11. The first-order valence-electron chi connectivity index (χ1n) is 11.1. The Morgan fingerprint density at radius 3 is 1.93 bits per heavy atom. The van der Waals surface area contributed by atoms with Crippen molar-refractivity contribution in [1.82, 2.24) is 20.0 Å². The van der Waals surface area contributed by atoms with Crippen molar-refractivity contribution in [1.29, 1.82) is 0 Å². The molecule has 0 spiro atoms. The van der Waals surface area contributed by atoms with Crippen molar-refractivity contribution in [3.63, 3.8) is 0 Å². The lowest BCUT2D eigenvalue weighted by atomic mass is 10.1. The predicted molar refractivity (Wildman–Crippen MR) is 116 cm³/mol. The van der Waals surface area contributed by atoms with Crippen molar-refractivity contribution in [3.05, 3.63) is 34.9 Å². The minimum Gasteiger partial charge on any atom is -0.343 e. The molecule has 0 radical (unpaired) electrons. The Kier molecular flexibility index (Phi) is 7.85. The lowest BCUT2D eigenvalue weighted by molar-refractivity contribution is -0.134. The van der Waals surface area contributed by atoms with Crippen molar-refractivity contribution in [2.24, 2.45) is 0 Å². The molecule has 3 amide bonds. The zero-order valence-electron chi connectivity index (χ0n) is 18.3. The molecule has 0 aromatic heterocycles. The topological polar surface area (TPSA) is 73.0 Å². The van der Waals surface area contributed by atoms with E-state index in [1.165, 1.54) is 12.8 Å². The number of likely N-dealkylation sites (tertiary alicyclic amines) is 1. The Bertz CT molecular complexity index is 743. The van der Waals surface area contributed by atoms with Gasteiger partial charge < -0.3 is 15.1 Å². The minimum absolute atomic E-state index is 0.00146. The van der Waals surface area contributed by atoms with Gasteiger partial charge in [0.2, 0.25) is 11.8 Å². The third-order valence-electron chi connectivity index (χ3n) is 5.93. The highest BCUT2D eigenvalue weighted by atomic mass is 16.2. The van der Waals surface area contributed by atoms with Crippen LogP contribution in [0, 0.1) is 13.8 Å². The van der Waals surface area contributed by atoms with Gasteiger partial charge in [-0.05, 0) is 38.8 Å². The van der Waals surface area contributed by atoms with Crippen LogP contribution in [0.15, 0.2) is 18.2 Å². The first-order valence-corrected chi connectivity index (χ1v) is 11.1. The van der Waals surface area contributed by atoms with Crippen molar-refractivity contribution >= 4 is 17.7 Å². The van der Waals surface area contributed by atoms with Gasteiger partial charge in [-0.25, -0.2) is 0 Å². The van der Waals surface area contributed by atoms with E-state index in [0.717, 1.165) is 37.1 Å². The highest BCUT2D eigenvalue weighted by Gasteiger charge is 2.24. The van der Waals surface area contributed by atoms with Gasteiger partial charge in [-0.2, -0.15) is 0 Å². The van der Waals surface area contributed by atoms with Gasteiger partial charge in [-0.1, -0.05) is 30.0 Å². The summed E-state index contributed by atoms with van der Waals surface area (Å²) in [6.45, 7) is 8.64. The molecule has 2 heterocycles. The van der Waals surface area contributed by atoms with E-state index in [1.807, 2.05) is 36.9 Å². The summed E-state index contributed by atoms with van der Waals surface area (Å²) in [7, 11) is 0. The summed E-state index contributed by atoms with van der Waals surface area (Å²) in [6, 6.07) is 5.67. The van der Waals surface area contributed by atoms with E-state index in [1.54, 1.807) is 4.90 Å². The molecule has 7 heteroatoms. The molecule has 3 rings (SSSR count). The summed E-state index contributed by atoms with van der Waals surface area (Å²) in [5, 5.41) is 2.74. The van der Waals surface area contributed by atoms with E-state index in [4.69, 9.17) is 0 Å². The van der Waals surface area contributed by atoms with Crippen LogP contribution in [0.1, 0.15) is 47.2 Å². The SMILES string of the molecule is Cc1cc(C)cc(C(=O)NCC(=O)N2CCN(CC(=O)N3CCCCCC3)CC2)c1. The summed E-state index contributed by atoms with van der Waals surface area (Å²) in [5.41, 5.74) is 2.63. The molecule has 2 aliphatic rings. The van der Waals surface area contributed by atoms with Crippen LogP contribution in [-0.4, -0.2) is 84.8 Å². The first-order chi connectivity index (χ1) is 14.4. The Balaban J connectivity index is 1.40. The summed E-state index contributed by atoms with van der Waals surface area (Å²) >= 11 is 0. The number of benzene rings is 1. The Morgan fingerprint density at radius 2 is 1.33 bits per heavy atom. The number of carbonyl (C=O) groups excluding carboxylic acids is 3. The van der Waals surface area contributed by atoms with Gasteiger partial charge in [0.15, 0.2) is 0 Å². The molecule has 2 saturated heterocycles. The molecule has 0 atom stereocenters.